The largest absolute Gasteiger partial charge is 0.358 e. The smallest absolute Gasteiger partial charge is 0.330 e. The fraction of sp³-hybridized carbons (Fsp3) is 0.200. The molecule has 1 aliphatic heterocycles. The van der Waals surface area contributed by atoms with Crippen LogP contribution in [0.1, 0.15) is 64.9 Å². The van der Waals surface area contributed by atoms with E-state index in [1.165, 1.54) is 4.57 Å². The molecule has 58 heavy (non-hydrogen) atoms. The average molecular weight is 881 g/mol. The van der Waals surface area contributed by atoms with E-state index in [1.54, 1.807) is 6.20 Å². The van der Waals surface area contributed by atoms with Crippen LogP contribution in [0, 0.1) is 0 Å². The van der Waals surface area contributed by atoms with E-state index in [-0.39, 0.29) is 16.4 Å². The Labute approximate surface area is 352 Å². The Morgan fingerprint density at radius 3 is 1.33 bits per heavy atom. The van der Waals surface area contributed by atoms with Crippen LogP contribution in [0.15, 0.2) is 198 Å². The highest BCUT2D eigenvalue weighted by Gasteiger charge is 2.52. The zero-order valence-corrected chi connectivity index (χ0v) is 34.5. The average Bonchev–Trinajstić information content (AvgIpc) is 3.58. The summed E-state index contributed by atoms with van der Waals surface area (Å²) in [6.07, 6.45) is -0.588. The van der Waals surface area contributed by atoms with Gasteiger partial charge in [0.15, 0.2) is 6.23 Å². The summed E-state index contributed by atoms with van der Waals surface area (Å²) in [5, 5.41) is 0. The van der Waals surface area contributed by atoms with Gasteiger partial charge in [0.2, 0.25) is 0 Å². The Morgan fingerprint density at radius 2 is 0.966 bits per heavy atom. The second-order valence-corrected chi connectivity index (χ2v) is 16.3. The summed E-state index contributed by atoms with van der Waals surface area (Å²) in [5.41, 5.74) is 3.02. The second-order valence-electron chi connectivity index (χ2n) is 14.9. The van der Waals surface area contributed by atoms with Crippen LogP contribution in [0.2, 0.25) is 0 Å². The van der Waals surface area contributed by atoms with Gasteiger partial charge in [-0.1, -0.05) is 218 Å². The highest BCUT2D eigenvalue weighted by molar-refractivity contribution is 14.1. The summed E-state index contributed by atoms with van der Waals surface area (Å²) in [6.45, 7) is 4.01. The SMILES string of the molecule is CC(C)c1cn([C@@H]2O[C@H](COC(c3ccccc3)(c3ccccc3)c3ccccc3)[C@@H](I)[C@H]2OC(c2ccccc2)(c2ccccc2)c2ccccc2)c(=O)[nH]c1=O. The number of nitrogens with zero attached hydrogens (tertiary/aromatic N) is 1. The van der Waals surface area contributed by atoms with E-state index in [0.717, 1.165) is 33.4 Å². The summed E-state index contributed by atoms with van der Waals surface area (Å²) in [7, 11) is 0. The van der Waals surface area contributed by atoms with Crippen LogP contribution in [0.5, 0.6) is 0 Å². The van der Waals surface area contributed by atoms with Crippen LogP contribution in [0.3, 0.4) is 0 Å². The Balaban J connectivity index is 1.29. The van der Waals surface area contributed by atoms with Gasteiger partial charge < -0.3 is 14.2 Å². The van der Waals surface area contributed by atoms with Crippen LogP contribution in [0.4, 0.5) is 0 Å². The topological polar surface area (TPSA) is 82.6 Å². The number of H-pyrrole nitrogens is 1. The molecule has 7 nitrogen and oxygen atoms in total. The van der Waals surface area contributed by atoms with Crippen molar-refractivity contribution in [3.05, 3.63) is 248 Å². The van der Waals surface area contributed by atoms with E-state index in [0.29, 0.717) is 5.56 Å². The van der Waals surface area contributed by atoms with E-state index >= 15 is 0 Å². The van der Waals surface area contributed by atoms with Gasteiger partial charge in [-0.05, 0) is 39.3 Å². The molecule has 0 saturated carbocycles. The Kier molecular flexibility index (Phi) is 11.7. The molecule has 0 bridgehead atoms. The fourth-order valence-corrected chi connectivity index (χ4v) is 9.06. The molecule has 0 radical (unpaired) electrons. The molecule has 1 N–H and O–H groups in total. The van der Waals surface area contributed by atoms with E-state index in [2.05, 4.69) is 100 Å². The molecule has 1 saturated heterocycles. The Morgan fingerprint density at radius 1 is 0.603 bits per heavy atom. The number of benzene rings is 6. The number of rotatable bonds is 13. The third-order valence-corrected chi connectivity index (χ3v) is 12.5. The number of aromatic amines is 1. The van der Waals surface area contributed by atoms with Crippen LogP contribution < -0.4 is 11.2 Å². The first-order valence-electron chi connectivity index (χ1n) is 19.6. The monoisotopic (exact) mass is 880 g/mol. The number of aromatic nitrogens is 2. The van der Waals surface area contributed by atoms with Crippen molar-refractivity contribution in [2.75, 3.05) is 6.61 Å². The fourth-order valence-electron chi connectivity index (χ4n) is 8.18. The lowest BCUT2D eigenvalue weighted by molar-refractivity contribution is -0.119. The van der Waals surface area contributed by atoms with Crippen molar-refractivity contribution in [3.63, 3.8) is 0 Å². The molecular weight excluding hydrogens is 835 g/mol. The summed E-state index contributed by atoms with van der Waals surface area (Å²) < 4.78 is 23.3. The van der Waals surface area contributed by atoms with Crippen molar-refractivity contribution in [3.8, 4) is 0 Å². The summed E-state index contributed by atoms with van der Waals surface area (Å²) >= 11 is 2.42. The van der Waals surface area contributed by atoms with Gasteiger partial charge in [0.25, 0.3) is 5.56 Å². The summed E-state index contributed by atoms with van der Waals surface area (Å²) in [6, 6.07) is 61.2. The Bertz CT molecular complexity index is 2320. The van der Waals surface area contributed by atoms with E-state index in [9.17, 15) is 9.59 Å². The molecule has 7 aromatic rings. The lowest BCUT2D eigenvalue weighted by atomic mass is 9.79. The van der Waals surface area contributed by atoms with Crippen molar-refractivity contribution >= 4 is 22.6 Å². The highest BCUT2D eigenvalue weighted by atomic mass is 127. The van der Waals surface area contributed by atoms with Crippen LogP contribution in [0.25, 0.3) is 0 Å². The molecule has 0 unspecified atom stereocenters. The first-order valence-corrected chi connectivity index (χ1v) is 20.9. The minimum Gasteiger partial charge on any atom is -0.358 e. The maximum absolute atomic E-state index is 13.9. The van der Waals surface area contributed by atoms with Gasteiger partial charge in [0.05, 0.1) is 16.6 Å². The van der Waals surface area contributed by atoms with Gasteiger partial charge >= 0.3 is 5.69 Å². The van der Waals surface area contributed by atoms with Gasteiger partial charge in [-0.2, -0.15) is 0 Å². The first kappa shape index (κ1) is 39.4. The Hall–Kier alpha value is -5.39. The van der Waals surface area contributed by atoms with Gasteiger partial charge in [0, 0.05) is 11.8 Å². The van der Waals surface area contributed by atoms with Crippen molar-refractivity contribution < 1.29 is 14.2 Å². The van der Waals surface area contributed by atoms with E-state index in [1.807, 2.05) is 123 Å². The maximum Gasteiger partial charge on any atom is 0.330 e. The number of hydrogen-bond acceptors (Lipinski definition) is 5. The molecule has 2 heterocycles. The van der Waals surface area contributed by atoms with Crippen molar-refractivity contribution in [1.82, 2.24) is 9.55 Å². The zero-order valence-electron chi connectivity index (χ0n) is 32.4. The van der Waals surface area contributed by atoms with Crippen LogP contribution in [-0.2, 0) is 25.4 Å². The summed E-state index contributed by atoms with van der Waals surface area (Å²) in [5.74, 6) is -0.147. The third kappa shape index (κ3) is 7.41. The molecule has 6 aromatic carbocycles. The van der Waals surface area contributed by atoms with Crippen LogP contribution >= 0.6 is 22.6 Å². The van der Waals surface area contributed by atoms with Crippen molar-refractivity contribution in [1.29, 1.82) is 0 Å². The molecular formula is C50H45IN2O5. The third-order valence-electron chi connectivity index (χ3n) is 11.0. The molecule has 1 aromatic heterocycles. The molecule has 1 aliphatic rings. The van der Waals surface area contributed by atoms with Gasteiger partial charge in [-0.15, -0.1) is 0 Å². The number of alkyl halides is 1. The quantitative estimate of drug-likeness (QED) is 0.0709. The molecule has 8 heteroatoms. The van der Waals surface area contributed by atoms with Gasteiger partial charge in [0.1, 0.15) is 17.3 Å². The molecule has 4 atom stereocenters. The number of hydrogen-bond donors (Lipinski definition) is 1. The maximum atomic E-state index is 13.9. The molecule has 0 amide bonds. The van der Waals surface area contributed by atoms with E-state index < -0.39 is 40.9 Å². The van der Waals surface area contributed by atoms with E-state index in [4.69, 9.17) is 14.2 Å². The second kappa shape index (κ2) is 17.2. The molecule has 8 rings (SSSR count). The molecule has 0 aliphatic carbocycles. The standard InChI is InChI=1S/C50H45IN2O5/c1-35(2)42-33-53(48(55)52-46(42)54)47-45(58-50(39-27-15-6-16-28-39,40-29-17-7-18-30-40)41-31-19-8-20-32-41)44(51)43(57-47)34-56-49(36-21-9-3-10-22-36,37-23-11-4-12-24-37)38-25-13-5-14-26-38/h3-33,35,43-45,47H,34H2,1-2H3,(H,52,54,55)/t43-,44-,45-,47-/m1/s1. The minimum atomic E-state index is -1.12. The highest BCUT2D eigenvalue weighted by Crippen LogP contribution is 2.48. The number of ether oxygens (including phenoxy) is 3. The lowest BCUT2D eigenvalue weighted by Gasteiger charge is -2.40. The van der Waals surface area contributed by atoms with Gasteiger partial charge in [-0.3, -0.25) is 14.3 Å². The van der Waals surface area contributed by atoms with Gasteiger partial charge in [-0.25, -0.2) is 4.79 Å². The molecule has 1 fully saturated rings. The lowest BCUT2D eigenvalue weighted by Crippen LogP contribution is -2.45. The summed E-state index contributed by atoms with van der Waals surface area (Å²) in [4.78, 5) is 29.6. The predicted molar refractivity (Wildman–Crippen MR) is 236 cm³/mol. The first-order chi connectivity index (χ1) is 28.3. The number of halogens is 1. The minimum absolute atomic E-state index is 0.146. The van der Waals surface area contributed by atoms with Crippen molar-refractivity contribution in [2.24, 2.45) is 0 Å². The van der Waals surface area contributed by atoms with Crippen LogP contribution in [-0.4, -0.2) is 32.3 Å². The number of nitrogens with one attached hydrogen (secondary N) is 1. The van der Waals surface area contributed by atoms with Crippen molar-refractivity contribution in [2.45, 2.75) is 53.3 Å². The normalized spacial score (nSPS) is 18.3. The molecule has 292 valence electrons. The molecule has 0 spiro atoms. The predicted octanol–water partition coefficient (Wildman–Crippen LogP) is 9.75. The zero-order chi connectivity index (χ0) is 40.1.